The zero-order valence-corrected chi connectivity index (χ0v) is 19.0. The summed E-state index contributed by atoms with van der Waals surface area (Å²) in [5, 5.41) is 10.9. The molecule has 0 radical (unpaired) electrons. The molecule has 0 fully saturated rings. The van der Waals surface area contributed by atoms with Gasteiger partial charge in [0.2, 0.25) is 0 Å². The molecule has 7 heteroatoms. The number of aryl methyl sites for hydroxylation is 1. The molecule has 2 atom stereocenters. The van der Waals surface area contributed by atoms with E-state index in [0.29, 0.717) is 12.5 Å². The van der Waals surface area contributed by atoms with Crippen molar-refractivity contribution in [1.82, 2.24) is 20.4 Å². The van der Waals surface area contributed by atoms with Crippen molar-refractivity contribution in [3.05, 3.63) is 48.3 Å². The summed E-state index contributed by atoms with van der Waals surface area (Å²) in [4.78, 5) is 4.69. The Kier molecular flexibility index (Phi) is 10.8. The highest BCUT2D eigenvalue weighted by atomic mass is 127. The fourth-order valence-electron chi connectivity index (χ4n) is 2.56. The number of aliphatic imine (C=N–C) groups is 1. The second-order valence-corrected chi connectivity index (χ2v) is 6.63. The van der Waals surface area contributed by atoms with Crippen LogP contribution >= 0.6 is 24.0 Å². The second kappa shape index (κ2) is 12.6. The van der Waals surface area contributed by atoms with Crippen LogP contribution in [0.3, 0.4) is 0 Å². The maximum absolute atomic E-state index is 6.01. The van der Waals surface area contributed by atoms with E-state index in [-0.39, 0.29) is 30.1 Å². The molecule has 1 heterocycles. The minimum absolute atomic E-state index is 0. The summed E-state index contributed by atoms with van der Waals surface area (Å²) in [6.07, 6.45) is 3.83. The number of aromatic nitrogens is 2. The number of nitrogens with zero attached hydrogens (tertiary/aromatic N) is 3. The van der Waals surface area contributed by atoms with E-state index in [1.807, 2.05) is 35.1 Å². The summed E-state index contributed by atoms with van der Waals surface area (Å²) < 4.78 is 7.96. The highest BCUT2D eigenvalue weighted by Gasteiger charge is 2.08. The molecule has 2 aromatic rings. The van der Waals surface area contributed by atoms with Crippen LogP contribution in [0.5, 0.6) is 5.75 Å². The van der Waals surface area contributed by atoms with Crippen LogP contribution in [0.4, 0.5) is 0 Å². The number of hydrogen-bond donors (Lipinski definition) is 2. The summed E-state index contributed by atoms with van der Waals surface area (Å²) in [6, 6.07) is 10.0. The summed E-state index contributed by atoms with van der Waals surface area (Å²) >= 11 is 0. The van der Waals surface area contributed by atoms with Crippen LogP contribution in [-0.4, -0.2) is 41.5 Å². The zero-order valence-electron chi connectivity index (χ0n) is 16.7. The molecule has 2 unspecified atom stereocenters. The van der Waals surface area contributed by atoms with Gasteiger partial charge in [-0.25, -0.2) is 0 Å². The fourth-order valence-corrected chi connectivity index (χ4v) is 2.56. The molecule has 1 aromatic carbocycles. The van der Waals surface area contributed by atoms with E-state index < -0.39 is 0 Å². The van der Waals surface area contributed by atoms with Crippen LogP contribution in [0.2, 0.25) is 0 Å². The van der Waals surface area contributed by atoms with Crippen molar-refractivity contribution in [1.29, 1.82) is 0 Å². The molecule has 0 aliphatic carbocycles. The first-order valence-electron chi connectivity index (χ1n) is 9.30. The number of hydrogen-bond acceptors (Lipinski definition) is 3. The Morgan fingerprint density at radius 3 is 2.67 bits per heavy atom. The first-order valence-corrected chi connectivity index (χ1v) is 9.30. The predicted molar refractivity (Wildman–Crippen MR) is 122 cm³/mol. The standard InChI is InChI=1S/C20H31N5O.HI/c1-5-21-20(22-13-16(2)15-25-12-8-11-24-25)23-14-18(4)26-19-10-7-6-9-17(19)3;/h6-12,16,18H,5,13-15H2,1-4H3,(H2,21,22,23);1H. The van der Waals surface area contributed by atoms with Gasteiger partial charge in [0.15, 0.2) is 5.96 Å². The predicted octanol–water partition coefficient (Wildman–Crippen LogP) is 3.47. The number of benzene rings is 1. The Morgan fingerprint density at radius 2 is 2.00 bits per heavy atom. The van der Waals surface area contributed by atoms with Gasteiger partial charge in [0.25, 0.3) is 0 Å². The number of halogens is 1. The third kappa shape index (κ3) is 8.64. The van der Waals surface area contributed by atoms with Crippen LogP contribution in [0.1, 0.15) is 26.3 Å². The lowest BCUT2D eigenvalue weighted by molar-refractivity contribution is 0.222. The topological polar surface area (TPSA) is 63.5 Å². The minimum atomic E-state index is 0. The van der Waals surface area contributed by atoms with Crippen LogP contribution < -0.4 is 15.4 Å². The van der Waals surface area contributed by atoms with E-state index in [1.165, 1.54) is 0 Å². The van der Waals surface area contributed by atoms with E-state index in [4.69, 9.17) is 4.74 Å². The van der Waals surface area contributed by atoms with Crippen molar-refractivity contribution in [2.45, 2.75) is 40.3 Å². The van der Waals surface area contributed by atoms with Gasteiger partial charge in [-0.05, 0) is 44.4 Å². The fraction of sp³-hybridized carbons (Fsp3) is 0.500. The molecular weight excluding hydrogens is 453 g/mol. The maximum Gasteiger partial charge on any atom is 0.191 e. The van der Waals surface area contributed by atoms with Gasteiger partial charge in [-0.3, -0.25) is 9.67 Å². The molecule has 0 amide bonds. The summed E-state index contributed by atoms with van der Waals surface area (Å²) in [5.74, 6) is 2.16. The van der Waals surface area contributed by atoms with Crippen LogP contribution in [0, 0.1) is 12.8 Å². The Hall–Kier alpha value is -1.77. The minimum Gasteiger partial charge on any atom is -0.489 e. The van der Waals surface area contributed by atoms with Crippen molar-refractivity contribution in [2.24, 2.45) is 10.9 Å². The average molecular weight is 485 g/mol. The van der Waals surface area contributed by atoms with Crippen molar-refractivity contribution in [3.63, 3.8) is 0 Å². The zero-order chi connectivity index (χ0) is 18.8. The number of guanidine groups is 1. The number of ether oxygens (including phenoxy) is 1. The Bertz CT molecular complexity index is 675. The molecule has 27 heavy (non-hydrogen) atoms. The van der Waals surface area contributed by atoms with Crippen molar-refractivity contribution in [2.75, 3.05) is 19.6 Å². The van der Waals surface area contributed by atoms with E-state index in [1.54, 1.807) is 6.20 Å². The molecule has 2 rings (SSSR count). The first-order chi connectivity index (χ1) is 12.6. The molecular formula is C20H32IN5O. The molecule has 150 valence electrons. The van der Waals surface area contributed by atoms with Crippen molar-refractivity contribution in [3.8, 4) is 5.75 Å². The molecule has 0 saturated carbocycles. The van der Waals surface area contributed by atoms with E-state index in [9.17, 15) is 0 Å². The monoisotopic (exact) mass is 485 g/mol. The highest BCUT2D eigenvalue weighted by Crippen LogP contribution is 2.17. The van der Waals surface area contributed by atoms with Gasteiger partial charge in [-0.1, -0.05) is 25.1 Å². The number of rotatable bonds is 9. The molecule has 0 spiro atoms. The smallest absolute Gasteiger partial charge is 0.191 e. The first kappa shape index (κ1) is 23.3. The molecule has 2 N–H and O–H groups in total. The Morgan fingerprint density at radius 1 is 1.22 bits per heavy atom. The summed E-state index contributed by atoms with van der Waals surface area (Å²) in [7, 11) is 0. The van der Waals surface area contributed by atoms with E-state index in [2.05, 4.69) is 54.5 Å². The van der Waals surface area contributed by atoms with Crippen LogP contribution in [0.15, 0.2) is 47.7 Å². The molecule has 0 aliphatic rings. The summed E-state index contributed by atoms with van der Waals surface area (Å²) in [5.41, 5.74) is 1.15. The van der Waals surface area contributed by atoms with Gasteiger partial charge in [0, 0.05) is 32.0 Å². The average Bonchev–Trinajstić information content (AvgIpc) is 3.12. The third-order valence-corrected chi connectivity index (χ3v) is 3.94. The lowest BCUT2D eigenvalue weighted by Gasteiger charge is -2.19. The van der Waals surface area contributed by atoms with Crippen molar-refractivity contribution >= 4 is 29.9 Å². The highest BCUT2D eigenvalue weighted by molar-refractivity contribution is 14.0. The van der Waals surface area contributed by atoms with Gasteiger partial charge in [0.05, 0.1) is 6.54 Å². The number of para-hydroxylation sites is 1. The van der Waals surface area contributed by atoms with E-state index >= 15 is 0 Å². The summed E-state index contributed by atoms with van der Waals surface area (Å²) in [6.45, 7) is 11.5. The van der Waals surface area contributed by atoms with Gasteiger partial charge in [0.1, 0.15) is 11.9 Å². The normalized spacial score (nSPS) is 13.4. The van der Waals surface area contributed by atoms with E-state index in [0.717, 1.165) is 36.9 Å². The largest absolute Gasteiger partial charge is 0.489 e. The Labute approximate surface area is 179 Å². The molecule has 0 saturated heterocycles. The molecule has 0 aliphatic heterocycles. The quantitative estimate of drug-likeness (QED) is 0.325. The van der Waals surface area contributed by atoms with Gasteiger partial charge >= 0.3 is 0 Å². The molecule has 6 nitrogen and oxygen atoms in total. The number of nitrogens with one attached hydrogen (secondary N) is 2. The second-order valence-electron chi connectivity index (χ2n) is 6.63. The third-order valence-electron chi connectivity index (χ3n) is 3.94. The van der Waals surface area contributed by atoms with Gasteiger partial charge < -0.3 is 15.4 Å². The Balaban J connectivity index is 0.00000364. The van der Waals surface area contributed by atoms with Gasteiger partial charge in [-0.15, -0.1) is 24.0 Å². The van der Waals surface area contributed by atoms with Crippen LogP contribution in [0.25, 0.3) is 0 Å². The lowest BCUT2D eigenvalue weighted by atomic mass is 10.2. The maximum atomic E-state index is 6.01. The molecule has 0 bridgehead atoms. The SMILES string of the molecule is CCNC(=NCC(C)Cn1cccn1)NCC(C)Oc1ccccc1C.I. The van der Waals surface area contributed by atoms with Gasteiger partial charge in [-0.2, -0.15) is 5.10 Å². The molecule has 1 aromatic heterocycles. The lowest BCUT2D eigenvalue weighted by Crippen LogP contribution is -2.42. The van der Waals surface area contributed by atoms with Crippen molar-refractivity contribution < 1.29 is 4.74 Å². The van der Waals surface area contributed by atoms with Crippen LogP contribution in [-0.2, 0) is 6.54 Å².